The predicted octanol–water partition coefficient (Wildman–Crippen LogP) is 2.28. The van der Waals surface area contributed by atoms with E-state index < -0.39 is 10.0 Å². The van der Waals surface area contributed by atoms with Crippen molar-refractivity contribution < 1.29 is 27.4 Å². The van der Waals surface area contributed by atoms with Crippen molar-refractivity contribution in [3.63, 3.8) is 0 Å². The van der Waals surface area contributed by atoms with E-state index in [-0.39, 0.29) is 4.90 Å². The number of fused-ring (bicyclic) bond motifs is 1. The van der Waals surface area contributed by atoms with Crippen molar-refractivity contribution >= 4 is 15.7 Å². The highest BCUT2D eigenvalue weighted by Crippen LogP contribution is 2.34. The second-order valence-electron chi connectivity index (χ2n) is 4.98. The zero-order valence-electron chi connectivity index (χ0n) is 13.2. The Morgan fingerprint density at radius 2 is 1.71 bits per heavy atom. The Labute approximate surface area is 140 Å². The summed E-state index contributed by atoms with van der Waals surface area (Å²) in [5.41, 5.74) is 0.313. The fraction of sp³-hybridized carbons (Fsp3) is 0.250. The highest BCUT2D eigenvalue weighted by atomic mass is 32.2. The van der Waals surface area contributed by atoms with Crippen LogP contribution in [-0.4, -0.2) is 35.9 Å². The number of methoxy groups -OCH3 is 2. The largest absolute Gasteiger partial charge is 0.497 e. The van der Waals surface area contributed by atoms with Gasteiger partial charge in [-0.3, -0.25) is 4.72 Å². The van der Waals surface area contributed by atoms with Gasteiger partial charge in [0.15, 0.2) is 11.5 Å². The minimum atomic E-state index is -3.81. The van der Waals surface area contributed by atoms with Crippen molar-refractivity contribution in [2.24, 2.45) is 0 Å². The van der Waals surface area contributed by atoms with Crippen LogP contribution < -0.4 is 23.7 Å². The van der Waals surface area contributed by atoms with Gasteiger partial charge in [-0.25, -0.2) is 8.42 Å². The predicted molar refractivity (Wildman–Crippen MR) is 87.8 cm³/mol. The molecule has 0 spiro atoms. The first kappa shape index (κ1) is 16.3. The average molecular weight is 351 g/mol. The highest BCUT2D eigenvalue weighted by molar-refractivity contribution is 7.92. The molecule has 0 unspecified atom stereocenters. The third-order valence-electron chi connectivity index (χ3n) is 3.48. The van der Waals surface area contributed by atoms with Crippen LogP contribution in [-0.2, 0) is 10.0 Å². The molecule has 0 aromatic heterocycles. The summed E-state index contributed by atoms with van der Waals surface area (Å²) in [4.78, 5) is 0.0737. The van der Waals surface area contributed by atoms with Crippen LogP contribution in [0.5, 0.6) is 23.0 Å². The number of benzene rings is 2. The molecular weight excluding hydrogens is 334 g/mol. The number of ether oxygens (including phenoxy) is 4. The lowest BCUT2D eigenvalue weighted by atomic mass is 10.3. The van der Waals surface area contributed by atoms with Crippen LogP contribution in [0.1, 0.15) is 0 Å². The lowest BCUT2D eigenvalue weighted by Gasteiger charge is -2.19. The second kappa shape index (κ2) is 6.48. The van der Waals surface area contributed by atoms with Crippen LogP contribution in [0.4, 0.5) is 5.69 Å². The van der Waals surface area contributed by atoms with Crippen molar-refractivity contribution in [2.45, 2.75) is 4.90 Å². The molecule has 1 aliphatic rings. The molecule has 1 aliphatic heterocycles. The topological polar surface area (TPSA) is 83.1 Å². The summed E-state index contributed by atoms with van der Waals surface area (Å²) in [6.07, 6.45) is 0. The first-order valence-electron chi connectivity index (χ1n) is 7.18. The first-order chi connectivity index (χ1) is 11.5. The van der Waals surface area contributed by atoms with E-state index in [1.807, 2.05) is 0 Å². The fourth-order valence-electron chi connectivity index (χ4n) is 2.28. The molecule has 0 fully saturated rings. The SMILES string of the molecule is COc1ccc(NS(=O)(=O)c2ccc3c(c2)OCCO3)c(OC)c1. The van der Waals surface area contributed by atoms with E-state index in [9.17, 15) is 8.42 Å². The summed E-state index contributed by atoms with van der Waals surface area (Å²) in [5.74, 6) is 1.86. The lowest BCUT2D eigenvalue weighted by molar-refractivity contribution is 0.171. The van der Waals surface area contributed by atoms with Crippen LogP contribution in [0.25, 0.3) is 0 Å². The van der Waals surface area contributed by atoms with Crippen molar-refractivity contribution in [2.75, 3.05) is 32.2 Å². The van der Waals surface area contributed by atoms with E-state index in [2.05, 4.69) is 4.72 Å². The third kappa shape index (κ3) is 3.18. The number of hydrogen-bond donors (Lipinski definition) is 1. The molecule has 0 atom stereocenters. The van der Waals surface area contributed by atoms with Crippen LogP contribution in [0, 0.1) is 0 Å². The highest BCUT2D eigenvalue weighted by Gasteiger charge is 2.21. The third-order valence-corrected chi connectivity index (χ3v) is 4.84. The molecule has 0 radical (unpaired) electrons. The number of nitrogens with one attached hydrogen (secondary N) is 1. The summed E-state index contributed by atoms with van der Waals surface area (Å²) in [6.45, 7) is 0.830. The van der Waals surface area contributed by atoms with E-state index in [0.717, 1.165) is 0 Å². The second-order valence-corrected chi connectivity index (χ2v) is 6.66. The van der Waals surface area contributed by atoms with Crippen LogP contribution in [0.2, 0.25) is 0 Å². The van der Waals surface area contributed by atoms with E-state index in [1.54, 1.807) is 24.3 Å². The zero-order chi connectivity index (χ0) is 17.2. The Balaban J connectivity index is 1.91. The Morgan fingerprint density at radius 1 is 0.958 bits per heavy atom. The van der Waals surface area contributed by atoms with Gasteiger partial charge >= 0.3 is 0 Å². The molecule has 0 amide bonds. The van der Waals surface area contributed by atoms with Crippen molar-refractivity contribution in [3.8, 4) is 23.0 Å². The standard InChI is InChI=1S/C16H17NO6S/c1-20-11-3-5-13(15(9-11)21-2)17-24(18,19)12-4-6-14-16(10-12)23-8-7-22-14/h3-6,9-10,17H,7-8H2,1-2H3. The molecule has 1 heterocycles. The number of rotatable bonds is 5. The summed E-state index contributed by atoms with van der Waals surface area (Å²) in [5, 5.41) is 0. The molecule has 24 heavy (non-hydrogen) atoms. The van der Waals surface area contributed by atoms with Gasteiger partial charge in [0.05, 0.1) is 24.8 Å². The van der Waals surface area contributed by atoms with Crippen LogP contribution in [0.15, 0.2) is 41.3 Å². The number of hydrogen-bond acceptors (Lipinski definition) is 6. The van der Waals surface area contributed by atoms with Gasteiger partial charge in [-0.1, -0.05) is 0 Å². The van der Waals surface area contributed by atoms with E-state index in [0.29, 0.717) is 41.9 Å². The van der Waals surface area contributed by atoms with Crippen LogP contribution >= 0.6 is 0 Å². The Kier molecular flexibility index (Phi) is 4.39. The Hall–Kier alpha value is -2.61. The summed E-state index contributed by atoms with van der Waals surface area (Å²) in [6, 6.07) is 9.30. The van der Waals surface area contributed by atoms with Gasteiger partial charge in [0.1, 0.15) is 24.7 Å². The fourth-order valence-corrected chi connectivity index (χ4v) is 3.36. The van der Waals surface area contributed by atoms with Gasteiger partial charge < -0.3 is 18.9 Å². The molecule has 3 rings (SSSR count). The molecule has 8 heteroatoms. The van der Waals surface area contributed by atoms with E-state index in [1.165, 1.54) is 26.4 Å². The van der Waals surface area contributed by atoms with Gasteiger partial charge in [-0.15, -0.1) is 0 Å². The quantitative estimate of drug-likeness (QED) is 0.890. The first-order valence-corrected chi connectivity index (χ1v) is 8.66. The van der Waals surface area contributed by atoms with Gasteiger partial charge in [-0.2, -0.15) is 0 Å². The van der Waals surface area contributed by atoms with E-state index >= 15 is 0 Å². The normalized spacial score (nSPS) is 13.2. The number of anilines is 1. The smallest absolute Gasteiger partial charge is 0.262 e. The minimum Gasteiger partial charge on any atom is -0.497 e. The van der Waals surface area contributed by atoms with E-state index in [4.69, 9.17) is 18.9 Å². The van der Waals surface area contributed by atoms with Gasteiger partial charge in [0.25, 0.3) is 10.0 Å². The molecule has 7 nitrogen and oxygen atoms in total. The average Bonchev–Trinajstić information content (AvgIpc) is 2.61. The maximum Gasteiger partial charge on any atom is 0.262 e. The Bertz CT molecular complexity index is 850. The summed E-state index contributed by atoms with van der Waals surface area (Å²) in [7, 11) is -0.829. The molecule has 2 aromatic carbocycles. The molecule has 0 saturated carbocycles. The van der Waals surface area contributed by atoms with Crippen molar-refractivity contribution in [1.29, 1.82) is 0 Å². The molecule has 0 bridgehead atoms. The van der Waals surface area contributed by atoms with Gasteiger partial charge in [-0.05, 0) is 24.3 Å². The number of sulfonamides is 1. The Morgan fingerprint density at radius 3 is 2.42 bits per heavy atom. The lowest BCUT2D eigenvalue weighted by Crippen LogP contribution is -2.17. The molecule has 0 aliphatic carbocycles. The van der Waals surface area contributed by atoms with Crippen molar-refractivity contribution in [3.05, 3.63) is 36.4 Å². The zero-order valence-corrected chi connectivity index (χ0v) is 14.1. The van der Waals surface area contributed by atoms with Gasteiger partial charge in [0, 0.05) is 12.1 Å². The summed E-state index contributed by atoms with van der Waals surface area (Å²) < 4.78 is 48.9. The maximum absolute atomic E-state index is 12.6. The maximum atomic E-state index is 12.6. The molecule has 2 aromatic rings. The summed E-state index contributed by atoms with van der Waals surface area (Å²) >= 11 is 0. The molecule has 1 N–H and O–H groups in total. The molecule has 0 saturated heterocycles. The molecule has 128 valence electrons. The van der Waals surface area contributed by atoms with Gasteiger partial charge in [0.2, 0.25) is 0 Å². The molecular formula is C16H17NO6S. The van der Waals surface area contributed by atoms with Crippen molar-refractivity contribution in [1.82, 2.24) is 0 Å². The monoisotopic (exact) mass is 351 g/mol. The van der Waals surface area contributed by atoms with Crippen LogP contribution in [0.3, 0.4) is 0 Å². The minimum absolute atomic E-state index is 0.0737.